The van der Waals surface area contributed by atoms with Crippen LogP contribution in [0.2, 0.25) is 0 Å². The molecule has 1 aliphatic heterocycles. The van der Waals surface area contributed by atoms with E-state index in [1.165, 1.54) is 23.9 Å². The first kappa shape index (κ1) is 12.0. The van der Waals surface area contributed by atoms with Gasteiger partial charge in [0.05, 0.1) is 6.61 Å². The number of methoxy groups -OCH3 is 1. The number of nitrogens with one attached hydrogen (secondary N) is 1. The molecule has 0 aromatic carbocycles. The summed E-state index contributed by atoms with van der Waals surface area (Å²) < 4.78 is 11.9. The van der Waals surface area contributed by atoms with E-state index in [4.69, 9.17) is 9.47 Å². The number of rotatable bonds is 3. The van der Waals surface area contributed by atoms with Gasteiger partial charge >= 0.3 is 5.69 Å². The normalized spacial score (nSPS) is 28.5. The molecule has 0 spiro atoms. The third-order valence-electron chi connectivity index (χ3n) is 2.90. The molecule has 1 aromatic heterocycles. The van der Waals surface area contributed by atoms with Crippen LogP contribution in [0.1, 0.15) is 19.1 Å². The van der Waals surface area contributed by atoms with Crippen molar-refractivity contribution in [3.8, 4) is 0 Å². The fraction of sp³-hybridized carbons (Fsp3) is 0.600. The van der Waals surface area contributed by atoms with Crippen molar-refractivity contribution in [1.29, 1.82) is 0 Å². The first-order valence-electron chi connectivity index (χ1n) is 5.25. The molecule has 1 fully saturated rings. The highest BCUT2D eigenvalue weighted by molar-refractivity contribution is 4.87. The maximum atomic E-state index is 11.5. The molecule has 0 aliphatic carbocycles. The van der Waals surface area contributed by atoms with Crippen LogP contribution in [-0.4, -0.2) is 34.2 Å². The minimum atomic E-state index is -1.06. The monoisotopic (exact) mass is 242 g/mol. The highest BCUT2D eigenvalue weighted by Crippen LogP contribution is 2.35. The van der Waals surface area contributed by atoms with Crippen molar-refractivity contribution in [2.45, 2.75) is 24.9 Å². The highest BCUT2D eigenvalue weighted by Gasteiger charge is 2.41. The minimum Gasteiger partial charge on any atom is -0.391 e. The van der Waals surface area contributed by atoms with E-state index >= 15 is 0 Å². The van der Waals surface area contributed by atoms with E-state index in [-0.39, 0.29) is 6.61 Å². The number of hydrogen-bond donors (Lipinski definition) is 2. The largest absolute Gasteiger partial charge is 0.391 e. The first-order chi connectivity index (χ1) is 8.10. The number of ether oxygens (including phenoxy) is 2. The van der Waals surface area contributed by atoms with Gasteiger partial charge in [-0.1, -0.05) is 0 Å². The van der Waals surface area contributed by atoms with Crippen LogP contribution in [0, 0.1) is 0 Å². The Labute approximate surface area is 96.6 Å². The van der Waals surface area contributed by atoms with E-state index in [0.717, 1.165) is 0 Å². The summed E-state index contributed by atoms with van der Waals surface area (Å²) >= 11 is 0. The van der Waals surface area contributed by atoms with Gasteiger partial charge in [-0.2, -0.15) is 0 Å². The lowest BCUT2D eigenvalue weighted by molar-refractivity contribution is -0.242. The van der Waals surface area contributed by atoms with E-state index in [9.17, 15) is 14.7 Å². The van der Waals surface area contributed by atoms with Gasteiger partial charge < -0.3 is 14.6 Å². The standard InChI is InChI=1S/C10H14N2O5/c1-16-10(6-13)4-2-8(17-10)12-5-3-7(14)11-9(12)15/h3,5,8,13H,2,4,6H2,1H3,(H,11,14,15). The Balaban J connectivity index is 2.26. The molecular formula is C10H14N2O5. The van der Waals surface area contributed by atoms with Crippen LogP contribution in [0.4, 0.5) is 0 Å². The van der Waals surface area contributed by atoms with Gasteiger partial charge in [0.15, 0.2) is 5.79 Å². The van der Waals surface area contributed by atoms with E-state index in [2.05, 4.69) is 4.98 Å². The zero-order valence-corrected chi connectivity index (χ0v) is 9.38. The summed E-state index contributed by atoms with van der Waals surface area (Å²) in [5.74, 6) is -1.06. The van der Waals surface area contributed by atoms with E-state index in [1.807, 2.05) is 0 Å². The Morgan fingerprint density at radius 2 is 2.47 bits per heavy atom. The van der Waals surface area contributed by atoms with E-state index in [0.29, 0.717) is 12.8 Å². The average Bonchev–Trinajstić information content (AvgIpc) is 2.74. The molecule has 0 bridgehead atoms. The summed E-state index contributed by atoms with van der Waals surface area (Å²) in [5.41, 5.74) is -0.989. The molecular weight excluding hydrogens is 228 g/mol. The molecule has 2 atom stereocenters. The second kappa shape index (κ2) is 4.44. The molecule has 2 unspecified atom stereocenters. The molecule has 7 heteroatoms. The highest BCUT2D eigenvalue weighted by atomic mass is 16.7. The zero-order chi connectivity index (χ0) is 12.5. The number of aromatic nitrogens is 2. The second-order valence-corrected chi connectivity index (χ2v) is 3.90. The summed E-state index contributed by atoms with van der Waals surface area (Å²) in [4.78, 5) is 24.6. The molecule has 2 heterocycles. The van der Waals surface area contributed by atoms with Crippen molar-refractivity contribution in [3.63, 3.8) is 0 Å². The molecule has 1 saturated heterocycles. The first-order valence-corrected chi connectivity index (χ1v) is 5.25. The molecule has 17 heavy (non-hydrogen) atoms. The number of hydrogen-bond acceptors (Lipinski definition) is 5. The molecule has 0 radical (unpaired) electrons. The predicted molar refractivity (Wildman–Crippen MR) is 57.5 cm³/mol. The van der Waals surface area contributed by atoms with Gasteiger partial charge in [0.25, 0.3) is 5.56 Å². The van der Waals surface area contributed by atoms with Crippen LogP contribution in [0.15, 0.2) is 21.9 Å². The quantitative estimate of drug-likeness (QED) is 0.722. The fourth-order valence-electron chi connectivity index (χ4n) is 1.89. The summed E-state index contributed by atoms with van der Waals surface area (Å²) in [6, 6.07) is 1.25. The van der Waals surface area contributed by atoms with E-state index in [1.54, 1.807) is 0 Å². The minimum absolute atomic E-state index is 0.280. The number of aliphatic hydroxyl groups is 1. The van der Waals surface area contributed by atoms with Crippen molar-refractivity contribution in [2.75, 3.05) is 13.7 Å². The van der Waals surface area contributed by atoms with Crippen LogP contribution in [0.25, 0.3) is 0 Å². The molecule has 0 amide bonds. The van der Waals surface area contributed by atoms with Crippen LogP contribution in [0.5, 0.6) is 0 Å². The fourth-order valence-corrected chi connectivity index (χ4v) is 1.89. The van der Waals surface area contributed by atoms with Crippen LogP contribution in [0.3, 0.4) is 0 Å². The average molecular weight is 242 g/mol. The SMILES string of the molecule is COC1(CO)CCC(n2ccc(=O)[nH]c2=O)O1. The van der Waals surface area contributed by atoms with Gasteiger partial charge in [0.1, 0.15) is 6.23 Å². The number of aromatic amines is 1. The number of nitrogens with zero attached hydrogens (tertiary/aromatic N) is 1. The number of aliphatic hydroxyl groups excluding tert-OH is 1. The lowest BCUT2D eigenvalue weighted by Gasteiger charge is -2.25. The van der Waals surface area contributed by atoms with Crippen LogP contribution >= 0.6 is 0 Å². The van der Waals surface area contributed by atoms with Crippen molar-refractivity contribution < 1.29 is 14.6 Å². The van der Waals surface area contributed by atoms with Crippen molar-refractivity contribution >= 4 is 0 Å². The van der Waals surface area contributed by atoms with Gasteiger partial charge in [-0.05, 0) is 6.42 Å². The molecule has 0 saturated carbocycles. The van der Waals surface area contributed by atoms with Crippen molar-refractivity contribution in [2.24, 2.45) is 0 Å². The Bertz CT molecular complexity index is 502. The van der Waals surface area contributed by atoms with Crippen molar-refractivity contribution in [3.05, 3.63) is 33.1 Å². The number of H-pyrrole nitrogens is 1. The molecule has 94 valence electrons. The van der Waals surface area contributed by atoms with Crippen molar-refractivity contribution in [1.82, 2.24) is 9.55 Å². The Kier molecular flexibility index (Phi) is 3.14. The topological polar surface area (TPSA) is 93.5 Å². The third kappa shape index (κ3) is 2.17. The zero-order valence-electron chi connectivity index (χ0n) is 9.38. The second-order valence-electron chi connectivity index (χ2n) is 3.90. The maximum Gasteiger partial charge on any atom is 0.330 e. The summed E-state index contributed by atoms with van der Waals surface area (Å²) in [7, 11) is 1.44. The summed E-state index contributed by atoms with van der Waals surface area (Å²) in [5, 5.41) is 9.20. The van der Waals surface area contributed by atoms with Gasteiger partial charge in [-0.3, -0.25) is 14.3 Å². The van der Waals surface area contributed by atoms with Gasteiger partial charge in [-0.15, -0.1) is 0 Å². The molecule has 7 nitrogen and oxygen atoms in total. The molecule has 1 aliphatic rings. The Morgan fingerprint density at radius 1 is 1.71 bits per heavy atom. The van der Waals surface area contributed by atoms with Crippen LogP contribution in [-0.2, 0) is 9.47 Å². The molecule has 2 rings (SSSR count). The van der Waals surface area contributed by atoms with Gasteiger partial charge in [0, 0.05) is 25.8 Å². The molecule has 2 N–H and O–H groups in total. The molecule has 1 aromatic rings. The van der Waals surface area contributed by atoms with E-state index < -0.39 is 23.3 Å². The smallest absolute Gasteiger partial charge is 0.330 e. The van der Waals surface area contributed by atoms with Gasteiger partial charge in [-0.25, -0.2) is 4.79 Å². The summed E-state index contributed by atoms with van der Waals surface area (Å²) in [6.45, 7) is -0.280. The lowest BCUT2D eigenvalue weighted by Crippen LogP contribution is -2.37. The predicted octanol–water partition coefficient (Wildman–Crippen LogP) is -0.819. The van der Waals surface area contributed by atoms with Gasteiger partial charge in [0.2, 0.25) is 0 Å². The third-order valence-corrected chi connectivity index (χ3v) is 2.90. The maximum absolute atomic E-state index is 11.5. The lowest BCUT2D eigenvalue weighted by atomic mass is 10.2. The summed E-state index contributed by atoms with van der Waals surface area (Å²) in [6.07, 6.45) is 1.84. The Morgan fingerprint density at radius 3 is 3.00 bits per heavy atom. The van der Waals surface area contributed by atoms with Crippen LogP contribution < -0.4 is 11.2 Å². The Hall–Kier alpha value is -1.44.